The van der Waals surface area contributed by atoms with Gasteiger partial charge in [-0.05, 0) is 36.8 Å². The predicted molar refractivity (Wildman–Crippen MR) is 77.2 cm³/mol. The standard InChI is InChI=1S/C14H10ClFN2O3/c1-8-5-6-9(7-12(8)16)17-14(19)10-3-2-4-11(15)13(10)18(20)21/h2-7H,1H3,(H,17,19). The molecule has 0 atom stereocenters. The number of amides is 1. The van der Waals surface area contributed by atoms with Crippen molar-refractivity contribution < 1.29 is 14.1 Å². The van der Waals surface area contributed by atoms with Crippen molar-refractivity contribution in [2.75, 3.05) is 5.32 Å². The van der Waals surface area contributed by atoms with E-state index in [0.717, 1.165) is 6.07 Å². The average Bonchev–Trinajstić information content (AvgIpc) is 2.42. The maximum atomic E-state index is 13.4. The molecule has 0 unspecified atom stereocenters. The molecule has 0 radical (unpaired) electrons. The molecule has 0 aromatic heterocycles. The number of hydrogen-bond acceptors (Lipinski definition) is 3. The Morgan fingerprint density at radius 3 is 2.67 bits per heavy atom. The Bertz CT molecular complexity index is 734. The van der Waals surface area contributed by atoms with E-state index >= 15 is 0 Å². The topological polar surface area (TPSA) is 72.2 Å². The zero-order valence-corrected chi connectivity index (χ0v) is 11.6. The number of nitrogens with one attached hydrogen (secondary N) is 1. The normalized spacial score (nSPS) is 10.2. The van der Waals surface area contributed by atoms with Gasteiger partial charge in [0.1, 0.15) is 16.4 Å². The van der Waals surface area contributed by atoms with Gasteiger partial charge in [-0.15, -0.1) is 0 Å². The van der Waals surface area contributed by atoms with Gasteiger partial charge in [0.25, 0.3) is 5.91 Å². The summed E-state index contributed by atoms with van der Waals surface area (Å²) in [6.45, 7) is 1.59. The van der Waals surface area contributed by atoms with Crippen LogP contribution in [0.25, 0.3) is 0 Å². The lowest BCUT2D eigenvalue weighted by Gasteiger charge is -2.07. The molecule has 5 nitrogen and oxygen atoms in total. The van der Waals surface area contributed by atoms with E-state index in [4.69, 9.17) is 11.6 Å². The highest BCUT2D eigenvalue weighted by molar-refractivity contribution is 6.33. The number of nitro groups is 1. The molecule has 0 spiro atoms. The molecule has 21 heavy (non-hydrogen) atoms. The Labute approximate surface area is 124 Å². The minimum Gasteiger partial charge on any atom is -0.322 e. The Balaban J connectivity index is 2.35. The predicted octanol–water partition coefficient (Wildman–Crippen LogP) is 3.95. The number of carbonyl (C=O) groups excluding carboxylic acids is 1. The molecule has 108 valence electrons. The molecule has 0 aliphatic carbocycles. The Morgan fingerprint density at radius 1 is 1.33 bits per heavy atom. The zero-order chi connectivity index (χ0) is 15.6. The summed E-state index contributed by atoms with van der Waals surface area (Å²) in [5, 5.41) is 13.2. The van der Waals surface area contributed by atoms with Crippen LogP contribution >= 0.6 is 11.6 Å². The number of anilines is 1. The van der Waals surface area contributed by atoms with Gasteiger partial charge in [0.2, 0.25) is 0 Å². The van der Waals surface area contributed by atoms with Gasteiger partial charge < -0.3 is 5.32 Å². The van der Waals surface area contributed by atoms with E-state index in [-0.39, 0.29) is 16.3 Å². The van der Waals surface area contributed by atoms with Gasteiger partial charge >= 0.3 is 5.69 Å². The number of nitro benzene ring substituents is 1. The Kier molecular flexibility index (Phi) is 4.18. The molecule has 0 saturated heterocycles. The molecule has 2 rings (SSSR count). The van der Waals surface area contributed by atoms with Crippen LogP contribution in [0.4, 0.5) is 15.8 Å². The number of nitrogens with zero attached hydrogens (tertiary/aromatic N) is 1. The molecule has 0 saturated carbocycles. The average molecular weight is 309 g/mol. The van der Waals surface area contributed by atoms with E-state index in [2.05, 4.69) is 5.32 Å². The maximum Gasteiger partial charge on any atom is 0.300 e. The first-order chi connectivity index (χ1) is 9.90. The molecule has 1 amide bonds. The second-order valence-corrected chi connectivity index (χ2v) is 4.72. The monoisotopic (exact) mass is 308 g/mol. The summed E-state index contributed by atoms with van der Waals surface area (Å²) in [6, 6.07) is 8.18. The highest BCUT2D eigenvalue weighted by atomic mass is 35.5. The SMILES string of the molecule is Cc1ccc(NC(=O)c2cccc(Cl)c2[N+](=O)[O-])cc1F. The van der Waals surface area contributed by atoms with E-state index in [0.29, 0.717) is 5.56 Å². The summed E-state index contributed by atoms with van der Waals surface area (Å²) in [5.41, 5.74) is -0.0307. The van der Waals surface area contributed by atoms with Crippen LogP contribution < -0.4 is 5.32 Å². The molecule has 0 heterocycles. The molecule has 1 N–H and O–H groups in total. The lowest BCUT2D eigenvalue weighted by atomic mass is 10.1. The Hall–Kier alpha value is -2.47. The van der Waals surface area contributed by atoms with Crippen LogP contribution in [-0.4, -0.2) is 10.8 Å². The first-order valence-corrected chi connectivity index (χ1v) is 6.28. The third kappa shape index (κ3) is 3.17. The number of halogens is 2. The third-order valence-corrected chi connectivity index (χ3v) is 3.15. The first-order valence-electron chi connectivity index (χ1n) is 5.90. The minimum atomic E-state index is -0.729. The van der Waals surface area contributed by atoms with Crippen LogP contribution in [0.15, 0.2) is 36.4 Å². The second-order valence-electron chi connectivity index (χ2n) is 4.31. The largest absolute Gasteiger partial charge is 0.322 e. The molecular formula is C14H10ClFN2O3. The number of para-hydroxylation sites is 1. The van der Waals surface area contributed by atoms with Gasteiger partial charge in [-0.1, -0.05) is 23.7 Å². The van der Waals surface area contributed by atoms with Crippen molar-refractivity contribution in [1.82, 2.24) is 0 Å². The molecule has 2 aromatic carbocycles. The summed E-state index contributed by atoms with van der Waals surface area (Å²) in [4.78, 5) is 22.3. The number of aryl methyl sites for hydroxylation is 1. The van der Waals surface area contributed by atoms with E-state index in [1.807, 2.05) is 0 Å². The van der Waals surface area contributed by atoms with Crippen LogP contribution in [0.5, 0.6) is 0 Å². The smallest absolute Gasteiger partial charge is 0.300 e. The van der Waals surface area contributed by atoms with Crippen LogP contribution in [0.3, 0.4) is 0 Å². The van der Waals surface area contributed by atoms with Crippen LogP contribution in [-0.2, 0) is 0 Å². The van der Waals surface area contributed by atoms with Gasteiger partial charge in [-0.2, -0.15) is 0 Å². The van der Waals surface area contributed by atoms with Crippen molar-refractivity contribution in [2.45, 2.75) is 6.92 Å². The quantitative estimate of drug-likeness (QED) is 0.689. The van der Waals surface area contributed by atoms with E-state index in [1.54, 1.807) is 6.92 Å². The fourth-order valence-electron chi connectivity index (χ4n) is 1.75. The highest BCUT2D eigenvalue weighted by Gasteiger charge is 2.23. The highest BCUT2D eigenvalue weighted by Crippen LogP contribution is 2.28. The lowest BCUT2D eigenvalue weighted by Crippen LogP contribution is -2.14. The zero-order valence-electron chi connectivity index (χ0n) is 10.9. The van der Waals surface area contributed by atoms with Crippen molar-refractivity contribution in [2.24, 2.45) is 0 Å². The summed E-state index contributed by atoms with van der Waals surface area (Å²) >= 11 is 5.74. The maximum absolute atomic E-state index is 13.4. The van der Waals surface area contributed by atoms with Gasteiger partial charge in [-0.25, -0.2) is 4.39 Å². The van der Waals surface area contributed by atoms with Crippen molar-refractivity contribution >= 4 is 28.9 Å². The first kappa shape index (κ1) is 14.9. The molecule has 7 heteroatoms. The summed E-state index contributed by atoms with van der Waals surface area (Å²) in [5.74, 6) is -1.21. The van der Waals surface area contributed by atoms with E-state index in [9.17, 15) is 19.3 Å². The molecule has 0 aliphatic heterocycles. The fraction of sp³-hybridized carbons (Fsp3) is 0.0714. The number of hydrogen-bond donors (Lipinski definition) is 1. The summed E-state index contributed by atoms with van der Waals surface area (Å²) in [6.07, 6.45) is 0. The molecule has 0 fully saturated rings. The van der Waals surface area contributed by atoms with Crippen LogP contribution in [0.1, 0.15) is 15.9 Å². The summed E-state index contributed by atoms with van der Waals surface area (Å²) < 4.78 is 13.4. The number of rotatable bonds is 3. The summed E-state index contributed by atoms with van der Waals surface area (Å²) in [7, 11) is 0. The minimum absolute atomic E-state index is 0.136. The van der Waals surface area contributed by atoms with Crippen molar-refractivity contribution in [3.05, 3.63) is 68.5 Å². The third-order valence-electron chi connectivity index (χ3n) is 2.84. The van der Waals surface area contributed by atoms with Gasteiger partial charge in [0.15, 0.2) is 0 Å². The van der Waals surface area contributed by atoms with Gasteiger partial charge in [0.05, 0.1) is 4.92 Å². The lowest BCUT2D eigenvalue weighted by molar-refractivity contribution is -0.385. The molecule has 0 bridgehead atoms. The number of benzene rings is 2. The Morgan fingerprint density at radius 2 is 2.05 bits per heavy atom. The van der Waals surface area contributed by atoms with Crippen molar-refractivity contribution in [3.63, 3.8) is 0 Å². The molecule has 2 aromatic rings. The van der Waals surface area contributed by atoms with Gasteiger partial charge in [-0.3, -0.25) is 14.9 Å². The molecular weight excluding hydrogens is 299 g/mol. The number of carbonyl (C=O) groups is 1. The molecule has 0 aliphatic rings. The van der Waals surface area contributed by atoms with E-state index in [1.165, 1.54) is 30.3 Å². The van der Waals surface area contributed by atoms with Crippen molar-refractivity contribution in [3.8, 4) is 0 Å². The van der Waals surface area contributed by atoms with Gasteiger partial charge in [0, 0.05) is 5.69 Å². The second kappa shape index (κ2) is 5.88. The van der Waals surface area contributed by atoms with Crippen LogP contribution in [0.2, 0.25) is 5.02 Å². The van der Waals surface area contributed by atoms with Crippen LogP contribution in [0, 0.1) is 22.9 Å². The van der Waals surface area contributed by atoms with Crippen molar-refractivity contribution in [1.29, 1.82) is 0 Å². The van der Waals surface area contributed by atoms with E-state index < -0.39 is 22.3 Å². The fourth-order valence-corrected chi connectivity index (χ4v) is 2.00.